The highest BCUT2D eigenvalue weighted by Gasteiger charge is 2.15. The molecule has 1 N–H and O–H groups in total. The number of furan rings is 1. The topological polar surface area (TPSA) is 51.5 Å². The number of hydrogen-bond donors (Lipinski definition) is 1. The summed E-state index contributed by atoms with van der Waals surface area (Å²) in [6.45, 7) is 2.43. The second-order valence-electron chi connectivity index (χ2n) is 4.27. The van der Waals surface area contributed by atoms with E-state index in [-0.39, 0.29) is 12.0 Å². The van der Waals surface area contributed by atoms with Crippen LogP contribution >= 0.6 is 0 Å². The van der Waals surface area contributed by atoms with E-state index >= 15 is 0 Å². The van der Waals surface area contributed by atoms with Gasteiger partial charge in [-0.3, -0.25) is 4.79 Å². The van der Waals surface area contributed by atoms with Gasteiger partial charge < -0.3 is 14.5 Å². The van der Waals surface area contributed by atoms with Crippen molar-refractivity contribution in [2.75, 3.05) is 13.7 Å². The van der Waals surface area contributed by atoms with E-state index in [1.165, 1.54) is 6.26 Å². The van der Waals surface area contributed by atoms with Gasteiger partial charge in [-0.15, -0.1) is 0 Å². The lowest BCUT2D eigenvalue weighted by Crippen LogP contribution is -2.29. The van der Waals surface area contributed by atoms with E-state index in [1.54, 1.807) is 19.2 Å². The summed E-state index contributed by atoms with van der Waals surface area (Å²) in [5, 5.41) is 2.80. The molecule has 4 nitrogen and oxygen atoms in total. The summed E-state index contributed by atoms with van der Waals surface area (Å²) in [6.07, 6.45) is 1.31. The van der Waals surface area contributed by atoms with Crippen molar-refractivity contribution in [1.82, 2.24) is 5.32 Å². The monoisotopic (exact) mass is 259 g/mol. The van der Waals surface area contributed by atoms with E-state index in [0.717, 1.165) is 11.1 Å². The molecular weight excluding hydrogens is 242 g/mol. The zero-order valence-corrected chi connectivity index (χ0v) is 11.1. The Balaban J connectivity index is 2.01. The van der Waals surface area contributed by atoms with Crippen LogP contribution < -0.4 is 5.32 Å². The average Bonchev–Trinajstić information content (AvgIpc) is 2.95. The Morgan fingerprint density at radius 3 is 2.74 bits per heavy atom. The largest absolute Gasteiger partial charge is 0.459 e. The predicted octanol–water partition coefficient (Wildman–Crippen LogP) is 2.71. The van der Waals surface area contributed by atoms with Crippen molar-refractivity contribution in [3.63, 3.8) is 0 Å². The van der Waals surface area contributed by atoms with Crippen LogP contribution in [0, 0.1) is 6.92 Å². The van der Waals surface area contributed by atoms with Crippen LogP contribution in [0.3, 0.4) is 0 Å². The van der Waals surface area contributed by atoms with Crippen LogP contribution in [0.4, 0.5) is 0 Å². The van der Waals surface area contributed by atoms with E-state index in [0.29, 0.717) is 12.3 Å². The molecule has 0 radical (unpaired) electrons. The number of hydrogen-bond acceptors (Lipinski definition) is 3. The van der Waals surface area contributed by atoms with Gasteiger partial charge in [-0.1, -0.05) is 24.3 Å². The van der Waals surface area contributed by atoms with Crippen molar-refractivity contribution in [2.24, 2.45) is 0 Å². The molecule has 1 amide bonds. The summed E-state index contributed by atoms with van der Waals surface area (Å²) in [6, 6.07) is 11.3. The van der Waals surface area contributed by atoms with Gasteiger partial charge in [0.15, 0.2) is 5.76 Å². The number of aryl methyl sites for hydroxylation is 1. The fraction of sp³-hybridized carbons (Fsp3) is 0.267. The highest BCUT2D eigenvalue weighted by atomic mass is 16.5. The minimum Gasteiger partial charge on any atom is -0.459 e. The van der Waals surface area contributed by atoms with Crippen molar-refractivity contribution in [3.8, 4) is 0 Å². The molecule has 0 aliphatic carbocycles. The quantitative estimate of drug-likeness (QED) is 0.898. The number of carbonyl (C=O) groups is 1. The van der Waals surface area contributed by atoms with E-state index in [9.17, 15) is 4.79 Å². The Morgan fingerprint density at radius 1 is 1.32 bits per heavy atom. The minimum atomic E-state index is -0.236. The second-order valence-corrected chi connectivity index (χ2v) is 4.27. The van der Waals surface area contributed by atoms with Gasteiger partial charge in [0, 0.05) is 13.7 Å². The van der Waals surface area contributed by atoms with Crippen LogP contribution in [-0.4, -0.2) is 19.6 Å². The van der Waals surface area contributed by atoms with Gasteiger partial charge in [0.1, 0.15) is 0 Å². The van der Waals surface area contributed by atoms with Crippen molar-refractivity contribution < 1.29 is 13.9 Å². The number of benzene rings is 1. The summed E-state index contributed by atoms with van der Waals surface area (Å²) in [5.41, 5.74) is 2.21. The SMILES string of the molecule is COC(CNC(=O)c1ccco1)c1ccccc1C. The molecule has 0 aliphatic rings. The zero-order valence-electron chi connectivity index (χ0n) is 11.1. The van der Waals surface area contributed by atoms with Crippen molar-refractivity contribution >= 4 is 5.91 Å². The summed E-state index contributed by atoms with van der Waals surface area (Å²) in [7, 11) is 1.64. The molecule has 1 heterocycles. The Hall–Kier alpha value is -2.07. The molecule has 0 saturated carbocycles. The highest BCUT2D eigenvalue weighted by Crippen LogP contribution is 2.19. The summed E-state index contributed by atoms with van der Waals surface area (Å²) in [4.78, 5) is 11.8. The number of methoxy groups -OCH3 is 1. The second kappa shape index (κ2) is 6.20. The molecule has 100 valence electrons. The Bertz CT molecular complexity index is 534. The summed E-state index contributed by atoms with van der Waals surface area (Å²) in [5.74, 6) is 0.0697. The zero-order chi connectivity index (χ0) is 13.7. The van der Waals surface area contributed by atoms with Crippen LogP contribution in [0.15, 0.2) is 47.1 Å². The minimum absolute atomic E-state index is 0.167. The molecule has 0 bridgehead atoms. The maximum atomic E-state index is 11.8. The van der Waals surface area contributed by atoms with Gasteiger partial charge in [0.2, 0.25) is 0 Å². The first-order valence-corrected chi connectivity index (χ1v) is 6.12. The maximum Gasteiger partial charge on any atom is 0.287 e. The number of carbonyl (C=O) groups excluding carboxylic acids is 1. The van der Waals surface area contributed by atoms with Gasteiger partial charge in [-0.05, 0) is 30.2 Å². The Labute approximate surface area is 112 Å². The standard InChI is InChI=1S/C15H17NO3/c1-11-6-3-4-7-12(11)14(18-2)10-16-15(17)13-8-5-9-19-13/h3-9,14H,10H2,1-2H3,(H,16,17). The molecule has 2 rings (SSSR count). The van der Waals surface area contributed by atoms with Gasteiger partial charge in [-0.25, -0.2) is 0 Å². The van der Waals surface area contributed by atoms with Crippen molar-refractivity contribution in [2.45, 2.75) is 13.0 Å². The number of amides is 1. The number of rotatable bonds is 5. The first kappa shape index (κ1) is 13.4. The molecule has 0 spiro atoms. The van der Waals surface area contributed by atoms with E-state index in [2.05, 4.69) is 5.32 Å². The molecule has 0 fully saturated rings. The van der Waals surface area contributed by atoms with E-state index in [1.807, 2.05) is 31.2 Å². The lowest BCUT2D eigenvalue weighted by atomic mass is 10.0. The molecule has 1 atom stereocenters. The van der Waals surface area contributed by atoms with Gasteiger partial charge in [-0.2, -0.15) is 0 Å². The third-order valence-corrected chi connectivity index (χ3v) is 3.01. The molecule has 19 heavy (non-hydrogen) atoms. The van der Waals surface area contributed by atoms with Crippen LogP contribution in [0.25, 0.3) is 0 Å². The molecule has 4 heteroatoms. The van der Waals surface area contributed by atoms with Gasteiger partial charge in [0.25, 0.3) is 5.91 Å². The first-order valence-electron chi connectivity index (χ1n) is 6.12. The normalized spacial score (nSPS) is 12.1. The van der Waals surface area contributed by atoms with Crippen LogP contribution in [-0.2, 0) is 4.74 Å². The highest BCUT2D eigenvalue weighted by molar-refractivity contribution is 5.91. The van der Waals surface area contributed by atoms with Crippen molar-refractivity contribution in [1.29, 1.82) is 0 Å². The number of ether oxygens (including phenoxy) is 1. The molecule has 1 unspecified atom stereocenters. The third-order valence-electron chi connectivity index (χ3n) is 3.01. The smallest absolute Gasteiger partial charge is 0.287 e. The van der Waals surface area contributed by atoms with Crippen LogP contribution in [0.2, 0.25) is 0 Å². The van der Waals surface area contributed by atoms with Gasteiger partial charge in [0.05, 0.1) is 12.4 Å². The van der Waals surface area contributed by atoms with Gasteiger partial charge >= 0.3 is 0 Å². The lowest BCUT2D eigenvalue weighted by molar-refractivity contribution is 0.0805. The summed E-state index contributed by atoms with van der Waals surface area (Å²) >= 11 is 0. The molecule has 0 saturated heterocycles. The van der Waals surface area contributed by atoms with Crippen LogP contribution in [0.5, 0.6) is 0 Å². The fourth-order valence-corrected chi connectivity index (χ4v) is 1.95. The molecule has 2 aromatic rings. The molecule has 1 aromatic heterocycles. The first-order chi connectivity index (χ1) is 9.22. The van der Waals surface area contributed by atoms with Crippen molar-refractivity contribution in [3.05, 3.63) is 59.5 Å². The van der Waals surface area contributed by atoms with E-state index in [4.69, 9.17) is 9.15 Å². The Morgan fingerprint density at radius 2 is 2.11 bits per heavy atom. The third kappa shape index (κ3) is 3.23. The predicted molar refractivity (Wildman–Crippen MR) is 72.0 cm³/mol. The maximum absolute atomic E-state index is 11.8. The molecule has 0 aliphatic heterocycles. The van der Waals surface area contributed by atoms with Crippen LogP contribution in [0.1, 0.15) is 27.8 Å². The number of nitrogens with one attached hydrogen (secondary N) is 1. The molecule has 1 aromatic carbocycles. The molecular formula is C15H17NO3. The summed E-state index contributed by atoms with van der Waals surface area (Å²) < 4.78 is 10.5. The lowest BCUT2D eigenvalue weighted by Gasteiger charge is -2.18. The fourth-order valence-electron chi connectivity index (χ4n) is 1.95. The Kier molecular flexibility index (Phi) is 4.36. The average molecular weight is 259 g/mol. The van der Waals surface area contributed by atoms with E-state index < -0.39 is 0 Å².